The van der Waals surface area contributed by atoms with Gasteiger partial charge in [-0.25, -0.2) is 4.68 Å². The molecule has 3 rings (SSSR count). The third kappa shape index (κ3) is 4.69. The summed E-state index contributed by atoms with van der Waals surface area (Å²) in [5, 5.41) is 8.54. The van der Waals surface area contributed by atoms with E-state index in [2.05, 4.69) is 31.2 Å². The van der Waals surface area contributed by atoms with E-state index in [4.69, 9.17) is 21.4 Å². The van der Waals surface area contributed by atoms with Crippen LogP contribution in [0.5, 0.6) is 5.75 Å². The number of rotatable bonds is 7. The molecule has 0 aliphatic rings. The number of benzene rings is 1. The van der Waals surface area contributed by atoms with Crippen LogP contribution >= 0.6 is 39.5 Å². The summed E-state index contributed by atoms with van der Waals surface area (Å²) in [7, 11) is 3.63. The van der Waals surface area contributed by atoms with Crippen LogP contribution in [0.3, 0.4) is 0 Å². The van der Waals surface area contributed by atoms with E-state index in [1.807, 2.05) is 43.4 Å². The number of hydrogen-bond acceptors (Lipinski definition) is 7. The molecule has 9 heteroatoms. The SMILES string of the molecule is COc1ccccc1Nc1nn(CN(C)Cc2ccc(Br)o2)c(=S)s1. The molecule has 0 amide bonds. The largest absolute Gasteiger partial charge is 0.495 e. The van der Waals surface area contributed by atoms with Gasteiger partial charge in [0.2, 0.25) is 5.13 Å². The molecule has 0 saturated heterocycles. The van der Waals surface area contributed by atoms with Gasteiger partial charge in [-0.15, -0.1) is 5.10 Å². The van der Waals surface area contributed by atoms with Crippen molar-refractivity contribution < 1.29 is 9.15 Å². The van der Waals surface area contributed by atoms with Crippen molar-refractivity contribution in [1.82, 2.24) is 14.7 Å². The van der Waals surface area contributed by atoms with Gasteiger partial charge in [-0.05, 0) is 59.5 Å². The molecule has 0 spiro atoms. The lowest BCUT2D eigenvalue weighted by Gasteiger charge is -2.14. The molecule has 0 aliphatic carbocycles. The second-order valence-electron chi connectivity index (χ2n) is 5.36. The fourth-order valence-electron chi connectivity index (χ4n) is 2.29. The van der Waals surface area contributed by atoms with Crippen molar-refractivity contribution in [2.75, 3.05) is 19.5 Å². The molecule has 25 heavy (non-hydrogen) atoms. The summed E-state index contributed by atoms with van der Waals surface area (Å²) in [5.74, 6) is 1.64. The summed E-state index contributed by atoms with van der Waals surface area (Å²) in [6.45, 7) is 1.24. The van der Waals surface area contributed by atoms with Crippen LogP contribution in [0.2, 0.25) is 0 Å². The van der Waals surface area contributed by atoms with Gasteiger partial charge in [0.25, 0.3) is 0 Å². The van der Waals surface area contributed by atoms with Crippen molar-refractivity contribution in [2.45, 2.75) is 13.2 Å². The Labute approximate surface area is 163 Å². The first-order valence-corrected chi connectivity index (χ1v) is 9.47. The lowest BCUT2D eigenvalue weighted by atomic mass is 10.3. The fourth-order valence-corrected chi connectivity index (χ4v) is 3.64. The number of nitrogens with one attached hydrogen (secondary N) is 1. The predicted octanol–water partition coefficient (Wildman–Crippen LogP) is 4.87. The zero-order valence-corrected chi connectivity index (χ0v) is 16.9. The molecule has 0 fully saturated rings. The van der Waals surface area contributed by atoms with Gasteiger partial charge in [-0.2, -0.15) is 0 Å². The maximum atomic E-state index is 5.53. The summed E-state index contributed by atoms with van der Waals surface area (Å²) < 4.78 is 14.1. The molecule has 1 aromatic carbocycles. The van der Waals surface area contributed by atoms with Crippen molar-refractivity contribution in [3.63, 3.8) is 0 Å². The Morgan fingerprint density at radius 3 is 2.88 bits per heavy atom. The van der Waals surface area contributed by atoms with E-state index in [-0.39, 0.29) is 0 Å². The number of para-hydroxylation sites is 2. The molecule has 3 aromatic rings. The highest BCUT2D eigenvalue weighted by Crippen LogP contribution is 2.28. The van der Waals surface area contributed by atoms with Crippen molar-refractivity contribution in [1.29, 1.82) is 0 Å². The van der Waals surface area contributed by atoms with Crippen LogP contribution in [0.25, 0.3) is 0 Å². The molecule has 0 atom stereocenters. The first-order valence-electron chi connectivity index (χ1n) is 7.46. The zero-order chi connectivity index (χ0) is 17.8. The number of furan rings is 1. The molecule has 6 nitrogen and oxygen atoms in total. The molecule has 0 saturated carbocycles. The molecular weight excluding hydrogens is 424 g/mol. The smallest absolute Gasteiger partial charge is 0.209 e. The third-order valence-electron chi connectivity index (χ3n) is 3.38. The van der Waals surface area contributed by atoms with Gasteiger partial charge >= 0.3 is 0 Å². The second kappa shape index (κ2) is 8.13. The summed E-state index contributed by atoms with van der Waals surface area (Å²) >= 11 is 10.2. The van der Waals surface area contributed by atoms with Crippen molar-refractivity contribution >= 4 is 50.3 Å². The number of halogens is 1. The fraction of sp³-hybridized carbons (Fsp3) is 0.250. The molecule has 1 N–H and O–H groups in total. The molecular formula is C16H17BrN4O2S2. The van der Waals surface area contributed by atoms with Gasteiger partial charge in [-0.1, -0.05) is 23.5 Å². The Morgan fingerprint density at radius 2 is 2.16 bits per heavy atom. The first-order chi connectivity index (χ1) is 12.0. The Morgan fingerprint density at radius 1 is 1.36 bits per heavy atom. The summed E-state index contributed by atoms with van der Waals surface area (Å²) in [5.41, 5.74) is 0.856. The monoisotopic (exact) mass is 440 g/mol. The normalized spacial score (nSPS) is 11.0. The Bertz CT molecular complexity index is 905. The topological polar surface area (TPSA) is 55.5 Å². The minimum atomic E-state index is 0.571. The number of aromatic nitrogens is 2. The minimum Gasteiger partial charge on any atom is -0.495 e. The van der Waals surface area contributed by atoms with Crippen LogP contribution in [0, 0.1) is 3.95 Å². The van der Waals surface area contributed by atoms with Crippen LogP contribution in [-0.4, -0.2) is 28.8 Å². The van der Waals surface area contributed by atoms with Crippen LogP contribution in [-0.2, 0) is 13.2 Å². The van der Waals surface area contributed by atoms with Crippen LogP contribution in [0.4, 0.5) is 10.8 Å². The minimum absolute atomic E-state index is 0.571. The molecule has 0 bridgehead atoms. The summed E-state index contributed by atoms with van der Waals surface area (Å²) in [6.07, 6.45) is 0. The molecule has 0 unspecified atom stereocenters. The molecule has 132 valence electrons. The maximum Gasteiger partial charge on any atom is 0.209 e. The highest BCUT2D eigenvalue weighted by Gasteiger charge is 2.10. The Kier molecular flexibility index (Phi) is 5.89. The Balaban J connectivity index is 1.68. The average molecular weight is 441 g/mol. The van der Waals surface area contributed by atoms with Crippen molar-refractivity contribution in [3.8, 4) is 5.75 Å². The van der Waals surface area contributed by atoms with Crippen LogP contribution in [0.1, 0.15) is 5.76 Å². The van der Waals surface area contributed by atoms with Crippen molar-refractivity contribution in [2.24, 2.45) is 0 Å². The third-order valence-corrected chi connectivity index (χ3v) is 5.03. The maximum absolute atomic E-state index is 5.53. The van der Waals surface area contributed by atoms with Gasteiger partial charge in [0.15, 0.2) is 8.62 Å². The number of nitrogens with zero attached hydrogens (tertiary/aromatic N) is 3. The van der Waals surface area contributed by atoms with Crippen molar-refractivity contribution in [3.05, 3.63) is 50.8 Å². The predicted molar refractivity (Wildman–Crippen MR) is 105 cm³/mol. The number of hydrogen-bond donors (Lipinski definition) is 1. The number of ether oxygens (including phenoxy) is 1. The van der Waals surface area contributed by atoms with E-state index in [9.17, 15) is 0 Å². The highest BCUT2D eigenvalue weighted by molar-refractivity contribution is 9.10. The van der Waals surface area contributed by atoms with Gasteiger partial charge in [0.1, 0.15) is 11.5 Å². The van der Waals surface area contributed by atoms with Crippen LogP contribution in [0.15, 0.2) is 45.5 Å². The average Bonchev–Trinajstić information content (AvgIpc) is 3.13. The van der Waals surface area contributed by atoms with E-state index in [0.717, 1.165) is 27.0 Å². The summed E-state index contributed by atoms with van der Waals surface area (Å²) in [4.78, 5) is 2.08. The zero-order valence-electron chi connectivity index (χ0n) is 13.7. The second-order valence-corrected chi connectivity index (χ2v) is 7.76. The lowest BCUT2D eigenvalue weighted by Crippen LogP contribution is -2.22. The lowest BCUT2D eigenvalue weighted by molar-refractivity contribution is 0.226. The molecule has 2 aromatic heterocycles. The molecule has 2 heterocycles. The van der Waals surface area contributed by atoms with E-state index >= 15 is 0 Å². The number of methoxy groups -OCH3 is 1. The van der Waals surface area contributed by atoms with Gasteiger partial charge in [0.05, 0.1) is 26.0 Å². The van der Waals surface area contributed by atoms with E-state index in [1.54, 1.807) is 11.8 Å². The Hall–Kier alpha value is -1.68. The number of anilines is 2. The first kappa shape index (κ1) is 18.1. The molecule has 0 aliphatic heterocycles. The van der Waals surface area contributed by atoms with Crippen LogP contribution < -0.4 is 10.1 Å². The standard InChI is InChI=1S/C16H17BrN4O2S2/c1-20(9-11-7-8-14(17)23-11)10-21-16(24)25-15(19-21)18-12-5-3-4-6-13(12)22-2/h3-8H,9-10H2,1-2H3,(H,18,19). The molecule has 0 radical (unpaired) electrons. The van der Waals surface area contributed by atoms with Gasteiger partial charge < -0.3 is 14.5 Å². The summed E-state index contributed by atoms with van der Waals surface area (Å²) in [6, 6.07) is 11.5. The van der Waals surface area contributed by atoms with E-state index < -0.39 is 0 Å². The van der Waals surface area contributed by atoms with Gasteiger partial charge in [0, 0.05) is 0 Å². The highest BCUT2D eigenvalue weighted by atomic mass is 79.9. The van der Waals surface area contributed by atoms with E-state index in [0.29, 0.717) is 17.2 Å². The quantitative estimate of drug-likeness (QED) is 0.528. The van der Waals surface area contributed by atoms with Gasteiger partial charge in [-0.3, -0.25) is 4.90 Å². The van der Waals surface area contributed by atoms with E-state index in [1.165, 1.54) is 11.3 Å².